The van der Waals surface area contributed by atoms with Crippen LogP contribution in [0.25, 0.3) is 0 Å². The molecule has 2 rings (SSSR count). The minimum atomic E-state index is -0.537. The molecule has 0 radical (unpaired) electrons. The fraction of sp³-hybridized carbons (Fsp3) is 0.222. The quantitative estimate of drug-likeness (QED) is 0.437. The van der Waals surface area contributed by atoms with Crippen molar-refractivity contribution in [3.8, 4) is 0 Å². The van der Waals surface area contributed by atoms with E-state index in [0.29, 0.717) is 11.3 Å². The second kappa shape index (κ2) is 9.75. The molecule has 24 heavy (non-hydrogen) atoms. The Hall–Kier alpha value is -2.31. The van der Waals surface area contributed by atoms with Gasteiger partial charge in [-0.05, 0) is 42.8 Å². The summed E-state index contributed by atoms with van der Waals surface area (Å²) < 4.78 is 5.01. The summed E-state index contributed by atoms with van der Waals surface area (Å²) in [6, 6.07) is 16.0. The Morgan fingerprint density at radius 2 is 1.75 bits per heavy atom. The summed E-state index contributed by atoms with van der Waals surface area (Å²) in [6.45, 7) is -0.164. The lowest BCUT2D eigenvalue weighted by Gasteiger charge is -2.07. The number of hydrogen-bond acceptors (Lipinski definition) is 5. The molecule has 0 aliphatic heterocycles. The number of aliphatic hydroxyl groups excluding tert-OH is 1. The van der Waals surface area contributed by atoms with Crippen molar-refractivity contribution >= 4 is 29.3 Å². The molecule has 0 heterocycles. The van der Waals surface area contributed by atoms with Gasteiger partial charge in [-0.15, -0.1) is 11.8 Å². The molecule has 0 saturated heterocycles. The molecule has 0 saturated carbocycles. The van der Waals surface area contributed by atoms with E-state index in [1.165, 1.54) is 0 Å². The molecule has 0 aliphatic rings. The lowest BCUT2D eigenvalue weighted by atomic mass is 10.2. The molecule has 2 aromatic carbocycles. The van der Waals surface area contributed by atoms with E-state index in [1.54, 1.807) is 36.0 Å². The van der Waals surface area contributed by atoms with Gasteiger partial charge in [0.05, 0.1) is 5.56 Å². The molecule has 0 spiro atoms. The summed E-state index contributed by atoms with van der Waals surface area (Å²) in [4.78, 5) is 24.7. The van der Waals surface area contributed by atoms with Crippen LogP contribution in [0.15, 0.2) is 59.5 Å². The number of ether oxygens (including phenoxy) is 1. The van der Waals surface area contributed by atoms with Crippen LogP contribution >= 0.6 is 11.8 Å². The van der Waals surface area contributed by atoms with Gasteiger partial charge in [-0.3, -0.25) is 4.79 Å². The van der Waals surface area contributed by atoms with Crippen LogP contribution in [0.3, 0.4) is 0 Å². The summed E-state index contributed by atoms with van der Waals surface area (Å²) >= 11 is 1.61. The summed E-state index contributed by atoms with van der Waals surface area (Å²) in [6.07, 6.45) is 0.727. The van der Waals surface area contributed by atoms with Crippen molar-refractivity contribution in [1.82, 2.24) is 0 Å². The molecule has 5 nitrogen and oxygen atoms in total. The molecule has 0 aromatic heterocycles. The van der Waals surface area contributed by atoms with E-state index in [4.69, 9.17) is 9.84 Å². The lowest BCUT2D eigenvalue weighted by molar-refractivity contribution is -0.119. The molecule has 1 amide bonds. The number of carbonyl (C=O) groups is 2. The highest BCUT2D eigenvalue weighted by atomic mass is 32.2. The van der Waals surface area contributed by atoms with Crippen molar-refractivity contribution in [2.75, 3.05) is 24.3 Å². The first kappa shape index (κ1) is 18.0. The number of esters is 1. The molecule has 2 N–H and O–H groups in total. The van der Waals surface area contributed by atoms with E-state index < -0.39 is 5.97 Å². The normalized spacial score (nSPS) is 10.2. The summed E-state index contributed by atoms with van der Waals surface area (Å²) in [5.74, 6) is -0.101. The summed E-state index contributed by atoms with van der Waals surface area (Å²) in [7, 11) is 0. The molecule has 0 aliphatic carbocycles. The number of aliphatic hydroxyl groups is 1. The monoisotopic (exact) mass is 345 g/mol. The average molecular weight is 345 g/mol. The fourth-order valence-electron chi connectivity index (χ4n) is 1.87. The van der Waals surface area contributed by atoms with Crippen LogP contribution in [0.1, 0.15) is 16.8 Å². The number of para-hydroxylation sites is 1. The van der Waals surface area contributed by atoms with Gasteiger partial charge in [0.2, 0.25) is 0 Å². The van der Waals surface area contributed by atoms with Gasteiger partial charge in [0.15, 0.2) is 6.61 Å². The van der Waals surface area contributed by atoms with Gasteiger partial charge in [0.25, 0.3) is 5.91 Å². The second-order valence-corrected chi connectivity index (χ2v) is 6.11. The topological polar surface area (TPSA) is 75.6 Å². The Morgan fingerprint density at radius 1 is 1.04 bits per heavy atom. The number of benzene rings is 2. The van der Waals surface area contributed by atoms with Crippen LogP contribution in [0.5, 0.6) is 0 Å². The molecule has 0 atom stereocenters. The Morgan fingerprint density at radius 3 is 2.42 bits per heavy atom. The maximum absolute atomic E-state index is 11.9. The number of rotatable bonds is 8. The van der Waals surface area contributed by atoms with E-state index in [2.05, 4.69) is 5.32 Å². The number of amides is 1. The number of hydrogen-bond donors (Lipinski definition) is 2. The number of thioether (sulfide) groups is 1. The van der Waals surface area contributed by atoms with E-state index >= 15 is 0 Å². The van der Waals surface area contributed by atoms with E-state index in [1.807, 2.05) is 30.3 Å². The van der Waals surface area contributed by atoms with Crippen molar-refractivity contribution in [3.05, 3.63) is 60.2 Å². The van der Waals surface area contributed by atoms with E-state index in [-0.39, 0.29) is 19.1 Å². The zero-order valence-electron chi connectivity index (χ0n) is 13.1. The fourth-order valence-corrected chi connectivity index (χ4v) is 2.71. The predicted octanol–water partition coefficient (Wildman–Crippen LogP) is 2.96. The first-order chi connectivity index (χ1) is 11.7. The Labute approximate surface area is 145 Å². The van der Waals surface area contributed by atoms with Crippen molar-refractivity contribution < 1.29 is 19.4 Å². The van der Waals surface area contributed by atoms with Gasteiger partial charge >= 0.3 is 5.97 Å². The third kappa shape index (κ3) is 6.06. The first-order valence-electron chi connectivity index (χ1n) is 7.55. The highest BCUT2D eigenvalue weighted by molar-refractivity contribution is 7.99. The highest BCUT2D eigenvalue weighted by Crippen LogP contribution is 2.19. The maximum atomic E-state index is 11.9. The molecular weight excluding hydrogens is 326 g/mol. The van der Waals surface area contributed by atoms with E-state index in [9.17, 15) is 9.59 Å². The molecule has 0 bridgehead atoms. The van der Waals surface area contributed by atoms with Gasteiger partial charge in [0, 0.05) is 22.9 Å². The maximum Gasteiger partial charge on any atom is 0.338 e. The molecule has 6 heteroatoms. The van der Waals surface area contributed by atoms with Gasteiger partial charge in [-0.2, -0.15) is 0 Å². The molecule has 2 aromatic rings. The smallest absolute Gasteiger partial charge is 0.338 e. The van der Waals surface area contributed by atoms with Crippen LogP contribution in [-0.2, 0) is 9.53 Å². The van der Waals surface area contributed by atoms with Crippen molar-refractivity contribution in [2.24, 2.45) is 0 Å². The standard InChI is InChI=1S/C18H19NO4S/c20-11-4-12-24-16-9-7-14(8-10-16)18(22)23-13-17(21)19-15-5-2-1-3-6-15/h1-3,5-10,20H,4,11-13H2,(H,19,21). The van der Waals surface area contributed by atoms with Gasteiger partial charge in [-0.25, -0.2) is 4.79 Å². The molecule has 126 valence electrons. The van der Waals surface area contributed by atoms with Gasteiger partial charge < -0.3 is 15.2 Å². The minimum absolute atomic E-state index is 0.169. The Kier molecular flexibility index (Phi) is 7.32. The number of anilines is 1. The third-order valence-electron chi connectivity index (χ3n) is 3.05. The lowest BCUT2D eigenvalue weighted by Crippen LogP contribution is -2.20. The van der Waals surface area contributed by atoms with Gasteiger partial charge in [0.1, 0.15) is 0 Å². The Bertz CT molecular complexity index is 658. The zero-order valence-corrected chi connectivity index (χ0v) is 13.9. The van der Waals surface area contributed by atoms with Crippen molar-refractivity contribution in [3.63, 3.8) is 0 Å². The molecule has 0 fully saturated rings. The average Bonchev–Trinajstić information content (AvgIpc) is 2.61. The second-order valence-electron chi connectivity index (χ2n) is 4.94. The van der Waals surface area contributed by atoms with Crippen LogP contribution in [0, 0.1) is 0 Å². The summed E-state index contributed by atoms with van der Waals surface area (Å²) in [5, 5.41) is 11.4. The van der Waals surface area contributed by atoms with E-state index in [0.717, 1.165) is 17.1 Å². The van der Waals surface area contributed by atoms with Crippen LogP contribution in [0.2, 0.25) is 0 Å². The largest absolute Gasteiger partial charge is 0.452 e. The summed E-state index contributed by atoms with van der Waals surface area (Å²) in [5.41, 5.74) is 1.05. The van der Waals surface area contributed by atoms with Gasteiger partial charge in [-0.1, -0.05) is 18.2 Å². The first-order valence-corrected chi connectivity index (χ1v) is 8.53. The number of carbonyl (C=O) groups excluding carboxylic acids is 2. The Balaban J connectivity index is 1.78. The minimum Gasteiger partial charge on any atom is -0.452 e. The third-order valence-corrected chi connectivity index (χ3v) is 4.15. The zero-order chi connectivity index (χ0) is 17.2. The SMILES string of the molecule is O=C(COC(=O)c1ccc(SCCCO)cc1)Nc1ccccc1. The molecular formula is C18H19NO4S. The van der Waals surface area contributed by atoms with Crippen molar-refractivity contribution in [2.45, 2.75) is 11.3 Å². The van der Waals surface area contributed by atoms with Crippen LogP contribution in [-0.4, -0.2) is 35.9 Å². The molecule has 0 unspecified atom stereocenters. The van der Waals surface area contributed by atoms with Crippen LogP contribution < -0.4 is 5.32 Å². The predicted molar refractivity (Wildman–Crippen MR) is 94.2 cm³/mol. The van der Waals surface area contributed by atoms with Crippen molar-refractivity contribution in [1.29, 1.82) is 0 Å². The highest BCUT2D eigenvalue weighted by Gasteiger charge is 2.10. The van der Waals surface area contributed by atoms with Crippen LogP contribution in [0.4, 0.5) is 5.69 Å². The number of nitrogens with one attached hydrogen (secondary N) is 1.